The molecule has 2 aromatic carbocycles. The van der Waals surface area contributed by atoms with Gasteiger partial charge in [-0.3, -0.25) is 0 Å². The average Bonchev–Trinajstić information content (AvgIpc) is 3.06. The van der Waals surface area contributed by atoms with Gasteiger partial charge in [0.15, 0.2) is 0 Å². The quantitative estimate of drug-likeness (QED) is 0.0954. The van der Waals surface area contributed by atoms with Crippen LogP contribution in [0.5, 0.6) is 0 Å². The van der Waals surface area contributed by atoms with Gasteiger partial charge in [-0.1, -0.05) is 0 Å². The molecular formula is C36H44Cl4N6S2Zn. The number of aromatic nitrogens is 2. The molecule has 2 aliphatic carbocycles. The van der Waals surface area contributed by atoms with Crippen molar-refractivity contribution in [1.82, 2.24) is 19.1 Å². The van der Waals surface area contributed by atoms with Gasteiger partial charge < -0.3 is 9.80 Å². The Morgan fingerprint density at radius 1 is 0.551 bits per heavy atom. The van der Waals surface area contributed by atoms with Crippen molar-refractivity contribution in [1.29, 1.82) is 0 Å². The Hall–Kier alpha value is -2.10. The van der Waals surface area contributed by atoms with E-state index in [1.165, 1.54) is 41.2 Å². The second-order valence-electron chi connectivity index (χ2n) is 11.8. The molecule has 0 amide bonds. The molecule has 2 heterocycles. The zero-order valence-electron chi connectivity index (χ0n) is 29.5. The number of halogens is 4. The Labute approximate surface area is 317 Å². The Balaban J connectivity index is 0.000000194. The molecule has 0 N–H and O–H groups in total. The van der Waals surface area contributed by atoms with Crippen molar-refractivity contribution >= 4 is 93.2 Å². The first-order valence-corrected chi connectivity index (χ1v) is 33.7. The maximum absolute atomic E-state index is 5.05. The summed E-state index contributed by atoms with van der Waals surface area (Å²) in [6, 6.07) is 26.1. The number of benzene rings is 4. The molecule has 0 spiro atoms. The summed E-state index contributed by atoms with van der Waals surface area (Å²) in [6.45, 7) is 12.9. The molecule has 2 aromatic rings. The van der Waals surface area contributed by atoms with E-state index >= 15 is 0 Å². The van der Waals surface area contributed by atoms with Crippen LogP contribution in [-0.4, -0.2) is 64.3 Å². The van der Waals surface area contributed by atoms with Gasteiger partial charge in [0.1, 0.15) is 28.2 Å². The molecule has 0 aromatic heterocycles. The van der Waals surface area contributed by atoms with Crippen molar-refractivity contribution in [3.05, 3.63) is 83.5 Å². The van der Waals surface area contributed by atoms with Crippen molar-refractivity contribution in [2.45, 2.75) is 27.7 Å². The van der Waals surface area contributed by atoms with E-state index in [-0.39, 0.29) is 0 Å². The molecule has 0 radical (unpaired) electrons. The first-order valence-electron chi connectivity index (χ1n) is 16.5. The second kappa shape index (κ2) is 17.9. The Morgan fingerprint density at radius 2 is 0.898 bits per heavy atom. The van der Waals surface area contributed by atoms with Crippen LogP contribution in [0.2, 0.25) is 0 Å². The van der Waals surface area contributed by atoms with Crippen molar-refractivity contribution in [3.63, 3.8) is 0 Å². The van der Waals surface area contributed by atoms with Crippen LogP contribution in [0, 0.1) is 0 Å². The van der Waals surface area contributed by atoms with E-state index in [4.69, 9.17) is 48.7 Å². The summed E-state index contributed by atoms with van der Waals surface area (Å²) in [4.78, 5) is 16.8. The van der Waals surface area contributed by atoms with Crippen molar-refractivity contribution in [2.75, 3.05) is 64.2 Å². The summed E-state index contributed by atoms with van der Waals surface area (Å²) < 4.78 is 6.74. The van der Waals surface area contributed by atoms with Gasteiger partial charge in [0.2, 0.25) is 10.7 Å². The summed E-state index contributed by atoms with van der Waals surface area (Å²) in [5.74, 6) is 0. The second-order valence-corrected chi connectivity index (χ2v) is 41.7. The molecule has 0 saturated heterocycles. The topological polar surface area (TPSA) is 38.3 Å². The molecule has 0 saturated carbocycles. The summed E-state index contributed by atoms with van der Waals surface area (Å²) in [6.07, 6.45) is 0. The molecule has 2 aliphatic heterocycles. The van der Waals surface area contributed by atoms with Gasteiger partial charge in [0.05, 0.1) is 41.6 Å². The minimum absolute atomic E-state index is 1.03. The third-order valence-corrected chi connectivity index (χ3v) is 10.2. The number of hydrogen-bond acceptors (Lipinski definition) is 6. The van der Waals surface area contributed by atoms with Gasteiger partial charge in [-0.2, -0.15) is 0 Å². The monoisotopic (exact) mass is 828 g/mol. The number of nitrogens with zero attached hydrogens (tertiary/aromatic N) is 6. The molecule has 0 fully saturated rings. The number of fused-ring (bicyclic) bond motifs is 4. The Bertz CT molecular complexity index is 1940. The van der Waals surface area contributed by atoms with E-state index in [0.717, 1.165) is 48.6 Å². The molecule has 13 heteroatoms. The molecule has 0 bridgehead atoms. The molecule has 6 nitrogen and oxygen atoms in total. The number of rotatable bonds is 6. The van der Waals surface area contributed by atoms with Crippen LogP contribution in [0.1, 0.15) is 27.7 Å². The first-order chi connectivity index (χ1) is 23.2. The van der Waals surface area contributed by atoms with E-state index in [2.05, 4.69) is 148 Å². The summed E-state index contributed by atoms with van der Waals surface area (Å²) in [5, 5.41) is 2.43. The van der Waals surface area contributed by atoms with Crippen molar-refractivity contribution < 1.29 is 10.8 Å². The summed E-state index contributed by atoms with van der Waals surface area (Å²) in [5.41, 5.74) is 6.84. The van der Waals surface area contributed by atoms with Gasteiger partial charge in [0, 0.05) is 61.8 Å². The van der Waals surface area contributed by atoms with Crippen molar-refractivity contribution in [2.24, 2.45) is 0 Å². The summed E-state index contributed by atoms with van der Waals surface area (Å²) in [7, 11) is 25.1. The van der Waals surface area contributed by atoms with Crippen LogP contribution < -0.4 is 29.7 Å². The van der Waals surface area contributed by atoms with E-state index in [0.29, 0.717) is 0 Å². The fourth-order valence-corrected chi connectivity index (χ4v) is 7.40. The fraction of sp³-hybridized carbons (Fsp3) is 0.333. The summed E-state index contributed by atoms with van der Waals surface area (Å²) >= 11 is 3.64. The third-order valence-electron chi connectivity index (χ3n) is 7.99. The SMILES string of the molecule is CCN(CC)c1ccc2nc3ccc(=[N+](C)C)cc-3sc2c1.CCN(CC)c1ccc2nc3ccc(=[N+](C)C)cc-3sc2c1.[Cl][Zn-2]([Cl])([Cl])[Cl]. The Kier molecular flexibility index (Phi) is 14.5. The molecule has 6 rings (SSSR count). The predicted octanol–water partition coefficient (Wildman–Crippen LogP) is 9.31. The van der Waals surface area contributed by atoms with Gasteiger partial charge in [-0.25, -0.2) is 19.1 Å². The van der Waals surface area contributed by atoms with Crippen LogP contribution >= 0.6 is 61.4 Å². The maximum atomic E-state index is 5.05. The van der Waals surface area contributed by atoms with Gasteiger partial charge in [-0.15, -0.1) is 22.7 Å². The third kappa shape index (κ3) is 10.9. The van der Waals surface area contributed by atoms with Crippen LogP contribution in [0.25, 0.3) is 41.6 Å². The minimum atomic E-state index is -3.36. The Morgan fingerprint density at radius 3 is 1.20 bits per heavy atom. The van der Waals surface area contributed by atoms with Gasteiger partial charge in [0.25, 0.3) is 0 Å². The normalized spacial score (nSPS) is 11.2. The predicted molar refractivity (Wildman–Crippen MR) is 217 cm³/mol. The van der Waals surface area contributed by atoms with Crippen LogP contribution in [0.15, 0.2) is 72.8 Å². The fourth-order valence-electron chi connectivity index (χ4n) is 5.33. The van der Waals surface area contributed by atoms with Crippen LogP contribution in [0.4, 0.5) is 11.4 Å². The molecular weight excluding hydrogens is 788 g/mol. The zero-order valence-corrected chi connectivity index (χ0v) is 37.1. The molecule has 0 atom stereocenters. The van der Waals surface area contributed by atoms with Gasteiger partial charge in [-0.05, 0) is 76.2 Å². The van der Waals surface area contributed by atoms with Gasteiger partial charge >= 0.3 is 49.6 Å². The van der Waals surface area contributed by atoms with Crippen LogP contribution in [0.3, 0.4) is 0 Å². The standard InChI is InChI=1S/2C18H22N3S.4ClH.Zn/c2*1-5-21(6-2)14-8-10-16-18(12-14)22-17-11-13(20(3)4)7-9-15(17)19-16;;;;;/h2*7-12H,5-6H2,1-4H3;4*1H;/q2*+1;;;;;+2/p-4. The van der Waals surface area contributed by atoms with E-state index < -0.39 is 10.8 Å². The first kappa shape index (κ1) is 39.7. The van der Waals surface area contributed by atoms with E-state index in [1.54, 1.807) is 0 Å². The molecule has 4 aliphatic rings. The average molecular weight is 832 g/mol. The number of hydrogen-bond donors (Lipinski definition) is 0. The molecule has 0 unspecified atom stereocenters. The van der Waals surface area contributed by atoms with E-state index in [9.17, 15) is 0 Å². The van der Waals surface area contributed by atoms with Crippen molar-refractivity contribution in [3.8, 4) is 21.1 Å². The van der Waals surface area contributed by atoms with E-state index in [1.807, 2.05) is 22.7 Å². The van der Waals surface area contributed by atoms with Crippen LogP contribution in [-0.2, 0) is 10.8 Å². The zero-order chi connectivity index (χ0) is 35.9. The number of anilines is 2. The molecule has 260 valence electrons. The molecule has 49 heavy (non-hydrogen) atoms.